The predicted octanol–water partition coefficient (Wildman–Crippen LogP) is 1.21. The van der Waals surface area contributed by atoms with Crippen molar-refractivity contribution < 1.29 is 14.7 Å². The summed E-state index contributed by atoms with van der Waals surface area (Å²) in [7, 11) is 0. The summed E-state index contributed by atoms with van der Waals surface area (Å²) in [5, 5.41) is 15.1. The van der Waals surface area contributed by atoms with E-state index in [1.54, 1.807) is 25.3 Å². The van der Waals surface area contributed by atoms with E-state index >= 15 is 0 Å². The maximum Gasteiger partial charge on any atom is 0.341 e. The predicted molar refractivity (Wildman–Crippen MR) is 79.8 cm³/mol. The molecule has 2 aliphatic rings. The van der Waals surface area contributed by atoms with Gasteiger partial charge in [-0.05, 0) is 30.9 Å². The summed E-state index contributed by atoms with van der Waals surface area (Å²) in [6, 6.07) is 0. The van der Waals surface area contributed by atoms with Gasteiger partial charge in [0.15, 0.2) is 0 Å². The maximum absolute atomic E-state index is 12.2. The minimum absolute atomic E-state index is 0.0323. The lowest BCUT2D eigenvalue weighted by Crippen LogP contribution is -2.59. The molecule has 2 unspecified atom stereocenters. The van der Waals surface area contributed by atoms with Crippen molar-refractivity contribution in [2.75, 3.05) is 0 Å². The lowest BCUT2D eigenvalue weighted by atomic mass is 9.89. The van der Waals surface area contributed by atoms with E-state index in [1.807, 2.05) is 20.8 Å². The third-order valence-corrected chi connectivity index (χ3v) is 4.31. The van der Waals surface area contributed by atoms with E-state index in [-0.39, 0.29) is 17.7 Å². The van der Waals surface area contributed by atoms with E-state index in [1.165, 1.54) is 0 Å². The second-order valence-electron chi connectivity index (χ2n) is 5.88. The molecule has 2 atom stereocenters. The first-order chi connectivity index (χ1) is 9.76. The van der Waals surface area contributed by atoms with Crippen molar-refractivity contribution in [1.82, 2.24) is 10.6 Å². The molecule has 2 aliphatic heterocycles. The number of rotatable bonds is 4. The Hall–Kier alpha value is -2.11. The fourth-order valence-electron chi connectivity index (χ4n) is 2.26. The largest absolute Gasteiger partial charge is 0.479 e. The molecule has 0 aromatic rings. The highest BCUT2D eigenvalue weighted by atomic mass is 16.4. The molecule has 114 valence electrons. The average Bonchev–Trinajstić information content (AvgIpc) is 2.76. The van der Waals surface area contributed by atoms with Gasteiger partial charge in [-0.15, -0.1) is 0 Å². The molecule has 2 heterocycles. The van der Waals surface area contributed by atoms with Crippen molar-refractivity contribution in [3.63, 3.8) is 0 Å². The van der Waals surface area contributed by atoms with Crippen molar-refractivity contribution in [2.24, 2.45) is 10.9 Å². The molecule has 0 saturated heterocycles. The van der Waals surface area contributed by atoms with Gasteiger partial charge in [0.2, 0.25) is 5.54 Å². The number of amides is 1. The molecule has 3 N–H and O–H groups in total. The highest BCUT2D eigenvalue weighted by Crippen LogP contribution is 2.29. The van der Waals surface area contributed by atoms with Gasteiger partial charge in [-0.2, -0.15) is 0 Å². The quantitative estimate of drug-likeness (QED) is 0.726. The number of allylic oxidation sites excluding steroid dienone is 2. The van der Waals surface area contributed by atoms with Crippen LogP contribution in [-0.2, 0) is 9.59 Å². The summed E-state index contributed by atoms with van der Waals surface area (Å²) in [5.41, 5.74) is -1.47. The monoisotopic (exact) mass is 291 g/mol. The molecule has 2 rings (SSSR count). The van der Waals surface area contributed by atoms with Crippen molar-refractivity contribution in [3.05, 3.63) is 23.9 Å². The van der Waals surface area contributed by atoms with Gasteiger partial charge < -0.3 is 15.7 Å². The Morgan fingerprint density at radius 2 is 2.14 bits per heavy atom. The third-order valence-electron chi connectivity index (χ3n) is 4.31. The second kappa shape index (κ2) is 5.02. The Morgan fingerprint density at radius 1 is 1.48 bits per heavy atom. The molecular weight excluding hydrogens is 270 g/mol. The normalized spacial score (nSPS) is 31.6. The van der Waals surface area contributed by atoms with E-state index in [2.05, 4.69) is 15.6 Å². The highest BCUT2D eigenvalue weighted by Gasteiger charge is 2.51. The molecule has 0 bridgehead atoms. The van der Waals surface area contributed by atoms with Crippen molar-refractivity contribution in [1.29, 1.82) is 0 Å². The Morgan fingerprint density at radius 3 is 2.52 bits per heavy atom. The van der Waals surface area contributed by atoms with E-state index in [9.17, 15) is 14.7 Å². The molecule has 0 aliphatic carbocycles. The number of aliphatic imine (C=N–C) groups is 1. The number of aliphatic carboxylic acids is 1. The van der Waals surface area contributed by atoms with E-state index in [0.29, 0.717) is 0 Å². The minimum Gasteiger partial charge on any atom is -0.479 e. The molecule has 6 nitrogen and oxygen atoms in total. The van der Waals surface area contributed by atoms with Crippen LogP contribution >= 0.6 is 0 Å². The van der Waals surface area contributed by atoms with Gasteiger partial charge in [0, 0.05) is 6.20 Å². The second-order valence-corrected chi connectivity index (χ2v) is 5.88. The van der Waals surface area contributed by atoms with Crippen LogP contribution in [0.4, 0.5) is 0 Å². The first-order valence-electron chi connectivity index (χ1n) is 7.07. The molecule has 0 spiro atoms. The first kappa shape index (κ1) is 15.3. The van der Waals surface area contributed by atoms with Crippen molar-refractivity contribution in [3.8, 4) is 0 Å². The summed E-state index contributed by atoms with van der Waals surface area (Å²) in [4.78, 5) is 28.4. The molecule has 0 radical (unpaired) electrons. The molecule has 6 heteroatoms. The number of carbonyl (C=O) groups is 2. The number of nitrogens with one attached hydrogen (secondary N) is 2. The van der Waals surface area contributed by atoms with E-state index in [0.717, 1.165) is 12.0 Å². The fourth-order valence-corrected chi connectivity index (χ4v) is 2.26. The number of carboxylic acids is 1. The Kier molecular flexibility index (Phi) is 3.65. The summed E-state index contributed by atoms with van der Waals surface area (Å²) in [6.45, 7) is 7.48. The maximum atomic E-state index is 12.2. The van der Waals surface area contributed by atoms with Gasteiger partial charge in [-0.1, -0.05) is 26.8 Å². The third kappa shape index (κ3) is 2.24. The van der Waals surface area contributed by atoms with Crippen LogP contribution in [0.2, 0.25) is 0 Å². The average molecular weight is 291 g/mol. The van der Waals surface area contributed by atoms with Crippen LogP contribution in [0.15, 0.2) is 28.9 Å². The Labute approximate surface area is 124 Å². The van der Waals surface area contributed by atoms with Crippen LogP contribution in [0, 0.1) is 5.92 Å². The van der Waals surface area contributed by atoms with Gasteiger partial charge in [0.1, 0.15) is 11.4 Å². The first-order valence-corrected chi connectivity index (χ1v) is 7.07. The number of hydrogen-bond donors (Lipinski definition) is 3. The SMILES string of the molecule is CCC1=CNC(C(=O)O)(C2=NC(C)(C(C)C)C(=O)N2)C=C1. The smallest absolute Gasteiger partial charge is 0.341 e. The minimum atomic E-state index is -1.51. The van der Waals surface area contributed by atoms with Crippen LogP contribution < -0.4 is 10.6 Å². The highest BCUT2D eigenvalue weighted by molar-refractivity contribution is 6.21. The summed E-state index contributed by atoms with van der Waals surface area (Å²) < 4.78 is 0. The molecule has 21 heavy (non-hydrogen) atoms. The number of carboxylic acid groups (broad SMARTS) is 1. The van der Waals surface area contributed by atoms with Gasteiger partial charge >= 0.3 is 5.97 Å². The lowest BCUT2D eigenvalue weighted by molar-refractivity contribution is -0.139. The lowest BCUT2D eigenvalue weighted by Gasteiger charge is -2.29. The van der Waals surface area contributed by atoms with Gasteiger partial charge in [0.05, 0.1) is 0 Å². The number of nitrogens with zero attached hydrogens (tertiary/aromatic N) is 1. The number of hydrogen-bond acceptors (Lipinski definition) is 4. The zero-order chi connectivity index (χ0) is 15.8. The Balaban J connectivity index is 2.44. The van der Waals surface area contributed by atoms with Crippen LogP contribution in [0.3, 0.4) is 0 Å². The van der Waals surface area contributed by atoms with E-state index < -0.39 is 17.0 Å². The Bertz CT molecular complexity index is 577. The number of carbonyl (C=O) groups excluding carboxylic acids is 1. The summed E-state index contributed by atoms with van der Waals surface area (Å²) >= 11 is 0. The molecule has 0 saturated carbocycles. The zero-order valence-corrected chi connectivity index (χ0v) is 12.7. The number of dihydropyridines is 1. The fraction of sp³-hybridized carbons (Fsp3) is 0.533. The van der Waals surface area contributed by atoms with E-state index in [4.69, 9.17) is 0 Å². The van der Waals surface area contributed by atoms with Crippen LogP contribution in [-0.4, -0.2) is 33.9 Å². The summed E-state index contributed by atoms with van der Waals surface area (Å²) in [5.74, 6) is -1.26. The molecule has 0 aromatic heterocycles. The zero-order valence-electron chi connectivity index (χ0n) is 12.7. The molecule has 1 amide bonds. The standard InChI is InChI=1S/C15H21N3O3/c1-5-10-6-7-15(13(20)21,16-8-10)11-17-12(19)14(4,18-11)9(2)3/h6-9,16H,5H2,1-4H3,(H,20,21)(H,17,18,19). The van der Waals surface area contributed by atoms with Crippen molar-refractivity contribution in [2.45, 2.75) is 45.2 Å². The van der Waals surface area contributed by atoms with Gasteiger partial charge in [0.25, 0.3) is 5.91 Å². The van der Waals surface area contributed by atoms with Gasteiger partial charge in [-0.25, -0.2) is 4.79 Å². The van der Waals surface area contributed by atoms with Crippen molar-refractivity contribution >= 4 is 17.7 Å². The molecular formula is C15H21N3O3. The molecule has 0 fully saturated rings. The summed E-state index contributed by atoms with van der Waals surface area (Å²) in [6.07, 6.45) is 5.75. The topological polar surface area (TPSA) is 90.8 Å². The van der Waals surface area contributed by atoms with Crippen LogP contribution in [0.25, 0.3) is 0 Å². The van der Waals surface area contributed by atoms with Crippen LogP contribution in [0.1, 0.15) is 34.1 Å². The van der Waals surface area contributed by atoms with Gasteiger partial charge in [-0.3, -0.25) is 9.79 Å². The molecule has 0 aromatic carbocycles. The van der Waals surface area contributed by atoms with Crippen LogP contribution in [0.5, 0.6) is 0 Å². The number of amidine groups is 1.